The van der Waals surface area contributed by atoms with Gasteiger partial charge in [0.25, 0.3) is 5.91 Å². The summed E-state index contributed by atoms with van der Waals surface area (Å²) < 4.78 is 0. The van der Waals surface area contributed by atoms with E-state index in [4.69, 9.17) is 5.26 Å². The molecule has 0 saturated heterocycles. The van der Waals surface area contributed by atoms with E-state index in [-0.39, 0.29) is 11.5 Å². The summed E-state index contributed by atoms with van der Waals surface area (Å²) in [5, 5.41) is 11.3. The molecule has 0 spiro atoms. The summed E-state index contributed by atoms with van der Waals surface area (Å²) in [5.74, 6) is -0.358. The van der Waals surface area contributed by atoms with Crippen molar-refractivity contribution in [1.82, 2.24) is 5.32 Å². The van der Waals surface area contributed by atoms with Crippen LogP contribution in [0.2, 0.25) is 0 Å². The summed E-state index contributed by atoms with van der Waals surface area (Å²) in [4.78, 5) is 11.3. The van der Waals surface area contributed by atoms with Gasteiger partial charge in [0.1, 0.15) is 11.6 Å². The second-order valence-electron chi connectivity index (χ2n) is 3.61. The number of hydrogen-bond donors (Lipinski definition) is 1. The van der Waals surface area contributed by atoms with Crippen LogP contribution in [0, 0.1) is 25.2 Å². The lowest BCUT2D eigenvalue weighted by Crippen LogP contribution is -2.19. The summed E-state index contributed by atoms with van der Waals surface area (Å²) in [7, 11) is 1.51. The largest absolute Gasteiger partial charge is 0.354 e. The Balaban J connectivity index is 3.19. The number of carbonyl (C=O) groups is 1. The summed E-state index contributed by atoms with van der Waals surface area (Å²) in [5.41, 5.74) is 3.17. The van der Waals surface area contributed by atoms with Gasteiger partial charge in [0.05, 0.1) is 0 Å². The van der Waals surface area contributed by atoms with E-state index >= 15 is 0 Å². The second-order valence-corrected chi connectivity index (χ2v) is 3.61. The molecule has 0 unspecified atom stereocenters. The minimum Gasteiger partial charge on any atom is -0.354 e. The molecule has 0 saturated carbocycles. The van der Waals surface area contributed by atoms with Gasteiger partial charge >= 0.3 is 0 Å². The standard InChI is InChI=1S/C13H14N2O/c1-9-4-5-10(2)11(6-9)7-12(8-14)13(16)15-3/h4-7H,1-3H3,(H,15,16)/b12-7+. The first-order valence-corrected chi connectivity index (χ1v) is 4.99. The first-order chi connectivity index (χ1) is 7.58. The van der Waals surface area contributed by atoms with Crippen LogP contribution in [-0.2, 0) is 4.79 Å². The van der Waals surface area contributed by atoms with Crippen molar-refractivity contribution in [2.75, 3.05) is 7.05 Å². The van der Waals surface area contributed by atoms with Crippen LogP contribution in [0.25, 0.3) is 6.08 Å². The lowest BCUT2D eigenvalue weighted by Gasteiger charge is -2.03. The van der Waals surface area contributed by atoms with Crippen LogP contribution in [0.4, 0.5) is 0 Å². The van der Waals surface area contributed by atoms with Crippen LogP contribution >= 0.6 is 0 Å². The summed E-state index contributed by atoms with van der Waals surface area (Å²) in [6.45, 7) is 3.92. The van der Waals surface area contributed by atoms with Gasteiger partial charge in [-0.15, -0.1) is 0 Å². The van der Waals surface area contributed by atoms with Crippen molar-refractivity contribution in [3.8, 4) is 6.07 Å². The number of likely N-dealkylation sites (N-methyl/N-ethyl adjacent to an activating group) is 1. The van der Waals surface area contributed by atoms with Crippen LogP contribution < -0.4 is 5.32 Å². The normalized spacial score (nSPS) is 10.8. The molecule has 0 aliphatic rings. The first-order valence-electron chi connectivity index (χ1n) is 4.99. The average molecular weight is 214 g/mol. The quantitative estimate of drug-likeness (QED) is 0.604. The van der Waals surface area contributed by atoms with Crippen molar-refractivity contribution in [3.63, 3.8) is 0 Å². The zero-order chi connectivity index (χ0) is 12.1. The lowest BCUT2D eigenvalue weighted by atomic mass is 10.0. The molecule has 1 N–H and O–H groups in total. The number of amides is 1. The molecule has 1 aromatic rings. The van der Waals surface area contributed by atoms with Crippen molar-refractivity contribution in [3.05, 3.63) is 40.5 Å². The topological polar surface area (TPSA) is 52.9 Å². The minimum atomic E-state index is -0.358. The highest BCUT2D eigenvalue weighted by Gasteiger charge is 2.06. The number of nitrogens with one attached hydrogen (secondary N) is 1. The van der Waals surface area contributed by atoms with Gasteiger partial charge in [0.2, 0.25) is 0 Å². The third-order valence-corrected chi connectivity index (χ3v) is 2.33. The van der Waals surface area contributed by atoms with E-state index in [0.717, 1.165) is 16.7 Å². The van der Waals surface area contributed by atoms with Gasteiger partial charge in [-0.25, -0.2) is 0 Å². The molecule has 0 radical (unpaired) electrons. The number of hydrogen-bond acceptors (Lipinski definition) is 2. The van der Waals surface area contributed by atoms with E-state index in [1.807, 2.05) is 38.1 Å². The van der Waals surface area contributed by atoms with E-state index in [9.17, 15) is 4.79 Å². The molecule has 0 atom stereocenters. The van der Waals surface area contributed by atoms with Crippen molar-refractivity contribution in [2.24, 2.45) is 0 Å². The molecule has 0 aromatic heterocycles. The molecule has 1 aromatic carbocycles. The SMILES string of the molecule is CNC(=O)/C(C#N)=C/c1cc(C)ccc1C. The van der Waals surface area contributed by atoms with Gasteiger partial charge in [-0.2, -0.15) is 5.26 Å². The summed E-state index contributed by atoms with van der Waals surface area (Å²) in [6.07, 6.45) is 1.61. The van der Waals surface area contributed by atoms with Gasteiger partial charge in [-0.3, -0.25) is 4.79 Å². The van der Waals surface area contributed by atoms with Crippen molar-refractivity contribution in [1.29, 1.82) is 5.26 Å². The van der Waals surface area contributed by atoms with Gasteiger partial charge in [-0.05, 0) is 31.1 Å². The number of carbonyl (C=O) groups excluding carboxylic acids is 1. The molecule has 82 valence electrons. The smallest absolute Gasteiger partial charge is 0.261 e. The number of nitriles is 1. The van der Waals surface area contributed by atoms with Gasteiger partial charge < -0.3 is 5.32 Å². The van der Waals surface area contributed by atoms with E-state index in [0.29, 0.717) is 0 Å². The molecule has 0 aliphatic carbocycles. The van der Waals surface area contributed by atoms with Crippen LogP contribution in [-0.4, -0.2) is 13.0 Å². The molecule has 3 heteroatoms. The number of nitrogens with zero attached hydrogens (tertiary/aromatic N) is 1. The predicted octanol–water partition coefficient (Wildman–Crippen LogP) is 1.96. The maximum Gasteiger partial charge on any atom is 0.261 e. The third kappa shape index (κ3) is 2.71. The number of benzene rings is 1. The Labute approximate surface area is 95.4 Å². The Morgan fingerprint density at radius 2 is 2.12 bits per heavy atom. The van der Waals surface area contributed by atoms with Crippen molar-refractivity contribution in [2.45, 2.75) is 13.8 Å². The minimum absolute atomic E-state index is 0.121. The Morgan fingerprint density at radius 1 is 1.44 bits per heavy atom. The summed E-state index contributed by atoms with van der Waals surface area (Å²) >= 11 is 0. The highest BCUT2D eigenvalue weighted by atomic mass is 16.1. The second kappa shape index (κ2) is 5.13. The Hall–Kier alpha value is -2.08. The number of rotatable bonds is 2. The van der Waals surface area contributed by atoms with Gasteiger partial charge in [-0.1, -0.05) is 23.8 Å². The molecule has 0 bridgehead atoms. The molecule has 0 fully saturated rings. The Morgan fingerprint density at radius 3 is 2.69 bits per heavy atom. The molecule has 3 nitrogen and oxygen atoms in total. The molecular formula is C13H14N2O. The van der Waals surface area contributed by atoms with E-state index < -0.39 is 0 Å². The summed E-state index contributed by atoms with van der Waals surface area (Å²) in [6, 6.07) is 7.82. The van der Waals surface area contributed by atoms with Crippen LogP contribution in [0.1, 0.15) is 16.7 Å². The maximum atomic E-state index is 11.3. The maximum absolute atomic E-state index is 11.3. The van der Waals surface area contributed by atoms with Crippen molar-refractivity contribution < 1.29 is 4.79 Å². The fourth-order valence-corrected chi connectivity index (χ4v) is 1.35. The van der Waals surface area contributed by atoms with Crippen molar-refractivity contribution >= 4 is 12.0 Å². The van der Waals surface area contributed by atoms with Gasteiger partial charge in [0.15, 0.2) is 0 Å². The lowest BCUT2D eigenvalue weighted by molar-refractivity contribution is -0.116. The fraction of sp³-hybridized carbons (Fsp3) is 0.231. The molecule has 1 rings (SSSR count). The third-order valence-electron chi connectivity index (χ3n) is 2.33. The molecular weight excluding hydrogens is 200 g/mol. The predicted molar refractivity (Wildman–Crippen MR) is 63.6 cm³/mol. The molecule has 1 amide bonds. The van der Waals surface area contributed by atoms with Crippen LogP contribution in [0.5, 0.6) is 0 Å². The highest BCUT2D eigenvalue weighted by molar-refractivity contribution is 6.01. The Bertz CT molecular complexity index is 481. The van der Waals surface area contributed by atoms with E-state index in [2.05, 4.69) is 5.32 Å². The van der Waals surface area contributed by atoms with E-state index in [1.165, 1.54) is 7.05 Å². The average Bonchev–Trinajstić information content (AvgIpc) is 2.29. The molecule has 0 aliphatic heterocycles. The molecule has 0 heterocycles. The monoisotopic (exact) mass is 214 g/mol. The fourth-order valence-electron chi connectivity index (χ4n) is 1.35. The van der Waals surface area contributed by atoms with Crippen LogP contribution in [0.15, 0.2) is 23.8 Å². The van der Waals surface area contributed by atoms with E-state index in [1.54, 1.807) is 6.08 Å². The zero-order valence-corrected chi connectivity index (χ0v) is 9.66. The molecule has 16 heavy (non-hydrogen) atoms. The highest BCUT2D eigenvalue weighted by Crippen LogP contribution is 2.14. The zero-order valence-electron chi connectivity index (χ0n) is 9.66. The van der Waals surface area contributed by atoms with Crippen LogP contribution in [0.3, 0.4) is 0 Å². The Kier molecular flexibility index (Phi) is 3.84. The van der Waals surface area contributed by atoms with Gasteiger partial charge in [0, 0.05) is 7.05 Å². The number of aryl methyl sites for hydroxylation is 2. The first kappa shape index (κ1) is 12.0.